The van der Waals surface area contributed by atoms with Gasteiger partial charge in [-0.15, -0.1) is 10.2 Å². The van der Waals surface area contributed by atoms with E-state index in [0.29, 0.717) is 17.8 Å². The largest absolute Gasteiger partial charge is 0.424 e. The molecule has 1 aromatic heterocycles. The molecule has 0 N–H and O–H groups in total. The molecule has 1 aliphatic heterocycles. The minimum atomic E-state index is 0.296. The van der Waals surface area contributed by atoms with E-state index in [9.17, 15) is 0 Å². The molecule has 0 amide bonds. The standard InChI is InChI=1S/C21H24N4O/c1-17-22-23-20(26-17)16-24-12-14-25(15-13-24)21(18-8-4-2-5-9-18)19-10-6-3-7-11-19/h2-11,21H,12-16H2,1H3. The van der Waals surface area contributed by atoms with E-state index in [1.807, 2.05) is 6.92 Å². The van der Waals surface area contributed by atoms with Gasteiger partial charge in [0.1, 0.15) is 0 Å². The van der Waals surface area contributed by atoms with E-state index < -0.39 is 0 Å². The third-order valence-corrected chi connectivity index (χ3v) is 4.93. The van der Waals surface area contributed by atoms with Gasteiger partial charge < -0.3 is 4.42 Å². The topological polar surface area (TPSA) is 45.4 Å². The van der Waals surface area contributed by atoms with Crippen LogP contribution in [0.5, 0.6) is 0 Å². The minimum absolute atomic E-state index is 0.296. The second kappa shape index (κ2) is 7.81. The Hall–Kier alpha value is -2.50. The molecule has 0 unspecified atom stereocenters. The van der Waals surface area contributed by atoms with E-state index in [0.717, 1.165) is 32.7 Å². The van der Waals surface area contributed by atoms with Crippen molar-refractivity contribution in [3.05, 3.63) is 83.6 Å². The maximum atomic E-state index is 5.52. The zero-order chi connectivity index (χ0) is 17.8. The summed E-state index contributed by atoms with van der Waals surface area (Å²) in [6.45, 7) is 6.59. The lowest BCUT2D eigenvalue weighted by molar-refractivity contribution is 0.0982. The fraction of sp³-hybridized carbons (Fsp3) is 0.333. The average Bonchev–Trinajstić information content (AvgIpc) is 3.10. The first-order valence-electron chi connectivity index (χ1n) is 9.15. The van der Waals surface area contributed by atoms with Crippen LogP contribution < -0.4 is 0 Å². The molecule has 4 rings (SSSR count). The lowest BCUT2D eigenvalue weighted by Crippen LogP contribution is -2.47. The van der Waals surface area contributed by atoms with Crippen molar-refractivity contribution in [2.45, 2.75) is 19.5 Å². The summed E-state index contributed by atoms with van der Waals surface area (Å²) in [4.78, 5) is 4.96. The van der Waals surface area contributed by atoms with Crippen LogP contribution in [0, 0.1) is 6.92 Å². The molecule has 134 valence electrons. The zero-order valence-corrected chi connectivity index (χ0v) is 15.1. The summed E-state index contributed by atoms with van der Waals surface area (Å²) in [5, 5.41) is 8.04. The number of rotatable bonds is 5. The summed E-state index contributed by atoms with van der Waals surface area (Å²) in [5.41, 5.74) is 2.69. The molecule has 3 aromatic rings. The molecule has 1 saturated heterocycles. The lowest BCUT2D eigenvalue weighted by atomic mass is 9.96. The van der Waals surface area contributed by atoms with Crippen molar-refractivity contribution in [3.8, 4) is 0 Å². The highest BCUT2D eigenvalue weighted by Crippen LogP contribution is 2.29. The third-order valence-electron chi connectivity index (χ3n) is 4.93. The maximum Gasteiger partial charge on any atom is 0.230 e. The SMILES string of the molecule is Cc1nnc(CN2CCN(C(c3ccccc3)c3ccccc3)CC2)o1. The minimum Gasteiger partial charge on any atom is -0.424 e. The van der Waals surface area contributed by atoms with Gasteiger partial charge in [-0.2, -0.15) is 0 Å². The second-order valence-corrected chi connectivity index (χ2v) is 6.75. The zero-order valence-electron chi connectivity index (χ0n) is 15.1. The second-order valence-electron chi connectivity index (χ2n) is 6.75. The molecular weight excluding hydrogens is 324 g/mol. The number of aryl methyl sites for hydroxylation is 1. The van der Waals surface area contributed by atoms with Crippen molar-refractivity contribution >= 4 is 0 Å². The van der Waals surface area contributed by atoms with Crippen molar-refractivity contribution in [2.24, 2.45) is 0 Å². The molecular formula is C21H24N4O. The molecule has 1 aliphatic rings. The van der Waals surface area contributed by atoms with E-state index in [1.165, 1.54) is 11.1 Å². The Labute approximate surface area is 154 Å². The van der Waals surface area contributed by atoms with Crippen LogP contribution in [0.1, 0.15) is 29.0 Å². The molecule has 5 heteroatoms. The summed E-state index contributed by atoms with van der Waals surface area (Å²) < 4.78 is 5.52. The van der Waals surface area contributed by atoms with Crippen LogP contribution in [0.4, 0.5) is 0 Å². The summed E-state index contributed by atoms with van der Waals surface area (Å²) in [6.07, 6.45) is 0. The number of nitrogens with zero attached hydrogens (tertiary/aromatic N) is 4. The molecule has 1 fully saturated rings. The molecule has 0 radical (unpaired) electrons. The molecule has 0 spiro atoms. The van der Waals surface area contributed by atoms with E-state index in [2.05, 4.69) is 80.7 Å². The van der Waals surface area contributed by atoms with Crippen molar-refractivity contribution in [1.82, 2.24) is 20.0 Å². The van der Waals surface area contributed by atoms with E-state index in [4.69, 9.17) is 4.42 Å². The van der Waals surface area contributed by atoms with E-state index in [1.54, 1.807) is 0 Å². The van der Waals surface area contributed by atoms with Crippen LogP contribution in [0.25, 0.3) is 0 Å². The van der Waals surface area contributed by atoms with E-state index in [-0.39, 0.29) is 0 Å². The number of benzene rings is 2. The van der Waals surface area contributed by atoms with Gasteiger partial charge in [-0.05, 0) is 11.1 Å². The monoisotopic (exact) mass is 348 g/mol. The number of hydrogen-bond donors (Lipinski definition) is 0. The smallest absolute Gasteiger partial charge is 0.230 e. The van der Waals surface area contributed by atoms with E-state index >= 15 is 0 Å². The van der Waals surface area contributed by atoms with Crippen LogP contribution >= 0.6 is 0 Å². The average molecular weight is 348 g/mol. The van der Waals surface area contributed by atoms with Crippen molar-refractivity contribution in [1.29, 1.82) is 0 Å². The highest BCUT2D eigenvalue weighted by Gasteiger charge is 2.26. The first kappa shape index (κ1) is 16.9. The molecule has 5 nitrogen and oxygen atoms in total. The summed E-state index contributed by atoms with van der Waals surface area (Å²) >= 11 is 0. The van der Waals surface area contributed by atoms with Gasteiger partial charge in [0, 0.05) is 33.1 Å². The maximum absolute atomic E-state index is 5.52. The molecule has 26 heavy (non-hydrogen) atoms. The van der Waals surface area contributed by atoms with Crippen LogP contribution in [0.15, 0.2) is 65.1 Å². The molecule has 0 atom stereocenters. The van der Waals surface area contributed by atoms with Gasteiger partial charge in [0.05, 0.1) is 12.6 Å². The van der Waals surface area contributed by atoms with Gasteiger partial charge in [0.2, 0.25) is 11.8 Å². The van der Waals surface area contributed by atoms with Gasteiger partial charge in [0.25, 0.3) is 0 Å². The Bertz CT molecular complexity index is 771. The predicted octanol–water partition coefficient (Wildman–Crippen LogP) is 3.29. The van der Waals surface area contributed by atoms with Crippen molar-refractivity contribution in [2.75, 3.05) is 26.2 Å². The van der Waals surface area contributed by atoms with Crippen molar-refractivity contribution in [3.63, 3.8) is 0 Å². The highest BCUT2D eigenvalue weighted by atomic mass is 16.4. The van der Waals surface area contributed by atoms with Crippen LogP contribution in [0.3, 0.4) is 0 Å². The Morgan fingerprint density at radius 1 is 0.846 bits per heavy atom. The molecule has 0 aliphatic carbocycles. The Kier molecular flexibility index (Phi) is 5.09. The molecule has 2 heterocycles. The van der Waals surface area contributed by atoms with Crippen LogP contribution in [-0.2, 0) is 6.54 Å². The summed E-state index contributed by atoms with van der Waals surface area (Å²) in [5.74, 6) is 1.34. The van der Waals surface area contributed by atoms with Crippen molar-refractivity contribution < 1.29 is 4.42 Å². The summed E-state index contributed by atoms with van der Waals surface area (Å²) in [6, 6.07) is 21.9. The van der Waals surface area contributed by atoms with Gasteiger partial charge in [-0.25, -0.2) is 0 Å². The first-order valence-corrected chi connectivity index (χ1v) is 9.15. The van der Waals surface area contributed by atoms with Crippen LogP contribution in [0.2, 0.25) is 0 Å². The molecule has 0 saturated carbocycles. The molecule has 2 aromatic carbocycles. The van der Waals surface area contributed by atoms with Gasteiger partial charge in [-0.3, -0.25) is 9.80 Å². The number of hydrogen-bond acceptors (Lipinski definition) is 5. The van der Waals surface area contributed by atoms with Gasteiger partial charge in [0.15, 0.2) is 0 Å². The molecule has 0 bridgehead atoms. The quantitative estimate of drug-likeness (QED) is 0.708. The van der Waals surface area contributed by atoms with Gasteiger partial charge in [-0.1, -0.05) is 60.7 Å². The van der Waals surface area contributed by atoms with Gasteiger partial charge >= 0.3 is 0 Å². The Morgan fingerprint density at radius 2 is 1.42 bits per heavy atom. The Balaban J connectivity index is 1.48. The fourth-order valence-corrected chi connectivity index (χ4v) is 3.66. The Morgan fingerprint density at radius 3 is 1.92 bits per heavy atom. The number of piperazine rings is 1. The normalized spacial score (nSPS) is 16.2. The van der Waals surface area contributed by atoms with Crippen LogP contribution in [-0.4, -0.2) is 46.2 Å². The fourth-order valence-electron chi connectivity index (χ4n) is 3.66. The first-order chi connectivity index (χ1) is 12.8. The highest BCUT2D eigenvalue weighted by molar-refractivity contribution is 5.31. The predicted molar refractivity (Wildman–Crippen MR) is 101 cm³/mol. The lowest BCUT2D eigenvalue weighted by Gasteiger charge is -2.39. The third kappa shape index (κ3) is 3.84. The number of aromatic nitrogens is 2. The summed E-state index contributed by atoms with van der Waals surface area (Å²) in [7, 11) is 0.